The Bertz CT molecular complexity index is 1430. The van der Waals surface area contributed by atoms with E-state index in [1.807, 2.05) is 42.5 Å². The van der Waals surface area contributed by atoms with Gasteiger partial charge in [0.1, 0.15) is 5.75 Å². The quantitative estimate of drug-likeness (QED) is 0.413. The number of rotatable bonds is 5. The maximum atomic E-state index is 13.8. The summed E-state index contributed by atoms with van der Waals surface area (Å²) in [4.78, 5) is 15.5. The predicted octanol–water partition coefficient (Wildman–Crippen LogP) is 6.79. The van der Waals surface area contributed by atoms with Crippen LogP contribution in [-0.4, -0.2) is 58.7 Å². The molecule has 3 saturated carbocycles. The topological polar surface area (TPSA) is 79.2 Å². The fourth-order valence-corrected chi connectivity index (χ4v) is 9.30. The number of fused-ring (bicyclic) bond motifs is 6. The monoisotopic (exact) mass is 571 g/mol. The van der Waals surface area contributed by atoms with Crippen LogP contribution in [0.5, 0.6) is 5.75 Å². The maximum absolute atomic E-state index is 13.8. The first kappa shape index (κ1) is 28.1. The Labute approximate surface area is 249 Å². The van der Waals surface area contributed by atoms with Gasteiger partial charge in [0, 0.05) is 12.0 Å². The summed E-state index contributed by atoms with van der Waals surface area (Å²) in [5, 5.41) is 25.0. The Morgan fingerprint density at radius 3 is 2.62 bits per heavy atom. The van der Waals surface area contributed by atoms with Crippen LogP contribution < -0.4 is 4.74 Å². The number of hydrogen-bond acceptors (Lipinski definition) is 5. The fraction of sp³-hybridized carbons (Fsp3) is 0.583. The zero-order valence-corrected chi connectivity index (χ0v) is 25.1. The van der Waals surface area contributed by atoms with Gasteiger partial charge in [-0.2, -0.15) is 0 Å². The van der Waals surface area contributed by atoms with E-state index in [9.17, 15) is 15.0 Å². The SMILES string of the molecule is CC12CCC(O)CC1=CC=C1C2CCC2(C)C1CCC2(O)CN(CC1CCCO1)C(=O)Oc1ccc2ccccc2c1. The molecule has 1 saturated heterocycles. The van der Waals surface area contributed by atoms with Crippen LogP contribution in [0, 0.1) is 22.7 Å². The minimum Gasteiger partial charge on any atom is -0.410 e. The number of ether oxygens (including phenoxy) is 2. The normalized spacial score (nSPS) is 37.3. The number of aliphatic hydroxyl groups excluding tert-OH is 1. The Hall–Kier alpha value is -2.67. The molecule has 7 rings (SSSR count). The molecule has 0 aromatic heterocycles. The minimum atomic E-state index is -1.02. The van der Waals surface area contributed by atoms with Crippen LogP contribution in [-0.2, 0) is 4.74 Å². The number of carbonyl (C=O) groups is 1. The van der Waals surface area contributed by atoms with E-state index < -0.39 is 11.7 Å². The molecular weight excluding hydrogens is 526 g/mol. The third-order valence-corrected chi connectivity index (χ3v) is 12.0. The average Bonchev–Trinajstić information content (AvgIpc) is 3.58. The molecule has 2 aromatic carbocycles. The van der Waals surface area contributed by atoms with Crippen molar-refractivity contribution in [3.8, 4) is 5.75 Å². The summed E-state index contributed by atoms with van der Waals surface area (Å²) in [5.74, 6) is 1.26. The molecule has 42 heavy (non-hydrogen) atoms. The van der Waals surface area contributed by atoms with E-state index in [0.717, 1.165) is 62.1 Å². The summed E-state index contributed by atoms with van der Waals surface area (Å²) < 4.78 is 11.9. The molecule has 6 heteroatoms. The van der Waals surface area contributed by atoms with Gasteiger partial charge in [0.05, 0.1) is 30.9 Å². The van der Waals surface area contributed by atoms with Crippen molar-refractivity contribution in [2.24, 2.45) is 22.7 Å². The summed E-state index contributed by atoms with van der Waals surface area (Å²) in [7, 11) is 0. The van der Waals surface area contributed by atoms with E-state index in [2.05, 4.69) is 26.0 Å². The molecule has 2 N–H and O–H groups in total. The van der Waals surface area contributed by atoms with Crippen LogP contribution >= 0.6 is 0 Å². The zero-order valence-electron chi connectivity index (χ0n) is 25.1. The zero-order chi connectivity index (χ0) is 29.1. The fourth-order valence-electron chi connectivity index (χ4n) is 9.30. The van der Waals surface area contributed by atoms with Gasteiger partial charge in [0.25, 0.3) is 0 Å². The van der Waals surface area contributed by atoms with E-state index in [-0.39, 0.29) is 35.5 Å². The molecule has 0 radical (unpaired) electrons. The molecule has 224 valence electrons. The van der Waals surface area contributed by atoms with Crippen molar-refractivity contribution in [2.75, 3.05) is 19.7 Å². The van der Waals surface area contributed by atoms with Crippen molar-refractivity contribution >= 4 is 16.9 Å². The lowest BCUT2D eigenvalue weighted by Crippen LogP contribution is -2.57. The van der Waals surface area contributed by atoms with Crippen molar-refractivity contribution in [2.45, 2.75) is 89.4 Å². The first-order chi connectivity index (χ1) is 20.2. The summed E-state index contributed by atoms with van der Waals surface area (Å²) in [5.41, 5.74) is 1.63. The Kier molecular flexibility index (Phi) is 7.03. The molecule has 7 unspecified atom stereocenters. The summed E-state index contributed by atoms with van der Waals surface area (Å²) in [6.45, 7) is 6.04. The van der Waals surface area contributed by atoms with Gasteiger partial charge >= 0.3 is 6.09 Å². The van der Waals surface area contributed by atoms with Gasteiger partial charge in [-0.05, 0) is 97.9 Å². The first-order valence-electron chi connectivity index (χ1n) is 16.1. The van der Waals surface area contributed by atoms with Crippen LogP contribution in [0.2, 0.25) is 0 Å². The van der Waals surface area contributed by atoms with Gasteiger partial charge in [-0.15, -0.1) is 0 Å². The maximum Gasteiger partial charge on any atom is 0.415 e. The highest BCUT2D eigenvalue weighted by Crippen LogP contribution is 2.66. The number of carbonyl (C=O) groups excluding carboxylic acids is 1. The third-order valence-electron chi connectivity index (χ3n) is 12.0. The van der Waals surface area contributed by atoms with E-state index in [1.54, 1.807) is 4.90 Å². The van der Waals surface area contributed by atoms with Gasteiger partial charge in [-0.25, -0.2) is 4.79 Å². The number of benzene rings is 2. The molecule has 4 aliphatic carbocycles. The molecule has 2 aromatic rings. The largest absolute Gasteiger partial charge is 0.415 e. The van der Waals surface area contributed by atoms with E-state index >= 15 is 0 Å². The molecule has 4 fully saturated rings. The molecule has 1 amide bonds. The van der Waals surface area contributed by atoms with E-state index in [1.165, 1.54) is 11.1 Å². The molecule has 1 heterocycles. The molecule has 0 spiro atoms. The second-order valence-corrected chi connectivity index (χ2v) is 14.2. The lowest BCUT2D eigenvalue weighted by molar-refractivity contribution is -0.101. The molecule has 5 aliphatic rings. The smallest absolute Gasteiger partial charge is 0.410 e. The second-order valence-electron chi connectivity index (χ2n) is 14.2. The predicted molar refractivity (Wildman–Crippen MR) is 163 cm³/mol. The summed E-state index contributed by atoms with van der Waals surface area (Å²) in [6, 6.07) is 13.8. The highest BCUT2D eigenvalue weighted by molar-refractivity contribution is 5.84. The molecule has 7 atom stereocenters. The van der Waals surface area contributed by atoms with E-state index in [0.29, 0.717) is 31.2 Å². The Morgan fingerprint density at radius 2 is 1.81 bits per heavy atom. The Morgan fingerprint density at radius 1 is 1.00 bits per heavy atom. The van der Waals surface area contributed by atoms with Crippen molar-refractivity contribution in [3.63, 3.8) is 0 Å². The van der Waals surface area contributed by atoms with Crippen LogP contribution in [0.3, 0.4) is 0 Å². The van der Waals surface area contributed by atoms with Crippen molar-refractivity contribution in [1.29, 1.82) is 0 Å². The van der Waals surface area contributed by atoms with Crippen molar-refractivity contribution in [1.82, 2.24) is 4.90 Å². The highest BCUT2D eigenvalue weighted by atomic mass is 16.6. The average molecular weight is 572 g/mol. The van der Waals surface area contributed by atoms with Crippen LogP contribution in [0.4, 0.5) is 4.79 Å². The summed E-state index contributed by atoms with van der Waals surface area (Å²) >= 11 is 0. The number of aliphatic hydroxyl groups is 2. The number of amides is 1. The van der Waals surface area contributed by atoms with Gasteiger partial charge in [0.2, 0.25) is 0 Å². The van der Waals surface area contributed by atoms with Gasteiger partial charge < -0.3 is 24.6 Å². The first-order valence-corrected chi connectivity index (χ1v) is 16.1. The molecular formula is C36H45NO5. The number of hydrogen-bond donors (Lipinski definition) is 2. The standard InChI is InChI=1S/C36H45NO5/c1-34-16-13-27(38)21-26(34)10-12-30-31(34)14-17-35(2)32(30)15-18-36(35,40)23-37(22-29-8-5-19-41-29)33(39)42-28-11-9-24-6-3-4-7-25(24)20-28/h3-4,6-7,9-12,20,27,29,31-32,38,40H,5,8,13-19,21-23H2,1-2H3. The number of allylic oxidation sites excluding steroid dienone is 3. The second kappa shape index (κ2) is 10.5. The van der Waals surface area contributed by atoms with Crippen molar-refractivity contribution < 1.29 is 24.5 Å². The van der Waals surface area contributed by atoms with Crippen LogP contribution in [0.1, 0.15) is 71.6 Å². The molecule has 0 bridgehead atoms. The lowest BCUT2D eigenvalue weighted by atomic mass is 9.50. The van der Waals surface area contributed by atoms with Gasteiger partial charge in [-0.3, -0.25) is 0 Å². The van der Waals surface area contributed by atoms with Gasteiger partial charge in [-0.1, -0.05) is 67.5 Å². The van der Waals surface area contributed by atoms with Crippen LogP contribution in [0.15, 0.2) is 65.8 Å². The highest BCUT2D eigenvalue weighted by Gasteiger charge is 2.62. The lowest BCUT2D eigenvalue weighted by Gasteiger charge is -2.56. The van der Waals surface area contributed by atoms with Gasteiger partial charge in [0.15, 0.2) is 0 Å². The van der Waals surface area contributed by atoms with Crippen molar-refractivity contribution in [3.05, 3.63) is 65.8 Å². The number of nitrogens with zero attached hydrogens (tertiary/aromatic N) is 1. The minimum absolute atomic E-state index is 0.0373. The Balaban J connectivity index is 1.14. The third kappa shape index (κ3) is 4.61. The summed E-state index contributed by atoms with van der Waals surface area (Å²) in [6.07, 6.45) is 12.0. The van der Waals surface area contributed by atoms with Crippen LogP contribution in [0.25, 0.3) is 10.8 Å². The van der Waals surface area contributed by atoms with E-state index in [4.69, 9.17) is 9.47 Å². The molecule has 6 nitrogen and oxygen atoms in total. The molecule has 1 aliphatic heterocycles.